The zero-order chi connectivity index (χ0) is 17.8. The van der Waals surface area contributed by atoms with Crippen LogP contribution < -0.4 is 11.2 Å². The van der Waals surface area contributed by atoms with Crippen molar-refractivity contribution >= 4 is 12.0 Å². The Labute approximate surface area is 130 Å². The summed E-state index contributed by atoms with van der Waals surface area (Å²) in [4.78, 5) is 36.0. The van der Waals surface area contributed by atoms with Crippen LogP contribution in [0.25, 0.3) is 6.08 Å². The molecule has 23 heavy (non-hydrogen) atoms. The average molecular weight is 333 g/mol. The Balaban J connectivity index is 3.05. The van der Waals surface area contributed by atoms with Crippen molar-refractivity contribution in [3.63, 3.8) is 0 Å². The number of rotatable bonds is 5. The molecule has 0 spiro atoms. The summed E-state index contributed by atoms with van der Waals surface area (Å²) in [7, 11) is 2.70. The Morgan fingerprint density at radius 3 is 2.43 bits per heavy atom. The first kappa shape index (κ1) is 18.7. The third kappa shape index (κ3) is 5.11. The van der Waals surface area contributed by atoms with E-state index in [2.05, 4.69) is 0 Å². The van der Waals surface area contributed by atoms with Crippen molar-refractivity contribution < 1.29 is 18.0 Å². The van der Waals surface area contributed by atoms with Gasteiger partial charge in [0.1, 0.15) is 6.54 Å². The van der Waals surface area contributed by atoms with Crippen molar-refractivity contribution in [3.8, 4) is 0 Å². The smallest absolute Gasteiger partial charge is 0.330 e. The van der Waals surface area contributed by atoms with Crippen LogP contribution in [0.15, 0.2) is 21.9 Å². The number of aromatic nitrogens is 2. The normalized spacial score (nSPS) is 11.9. The van der Waals surface area contributed by atoms with E-state index < -0.39 is 29.9 Å². The first-order valence-corrected chi connectivity index (χ1v) is 6.87. The van der Waals surface area contributed by atoms with E-state index in [0.29, 0.717) is 11.3 Å². The molecule has 9 heteroatoms. The molecule has 1 amide bonds. The molecule has 1 aromatic rings. The minimum absolute atomic E-state index is 0.0337. The maximum absolute atomic E-state index is 12.5. The summed E-state index contributed by atoms with van der Waals surface area (Å²) < 4.78 is 39.4. The molecule has 1 rings (SSSR count). The SMILES string of the molecule is CCCN(CC(F)(F)F)C(=O)C=Cc1cn(C)c(=O)n(C)c1=O. The summed E-state index contributed by atoms with van der Waals surface area (Å²) in [6.07, 6.45) is -0.878. The zero-order valence-electron chi connectivity index (χ0n) is 13.1. The van der Waals surface area contributed by atoms with Crippen LogP contribution in [0.4, 0.5) is 13.2 Å². The zero-order valence-corrected chi connectivity index (χ0v) is 13.1. The number of hydrogen-bond donors (Lipinski definition) is 0. The molecule has 0 atom stereocenters. The van der Waals surface area contributed by atoms with Crippen molar-refractivity contribution in [2.45, 2.75) is 19.5 Å². The molecule has 0 aromatic carbocycles. The van der Waals surface area contributed by atoms with Crippen LogP contribution in [0.2, 0.25) is 0 Å². The lowest BCUT2D eigenvalue weighted by atomic mass is 10.2. The number of carbonyl (C=O) groups excluding carboxylic acids is 1. The fourth-order valence-electron chi connectivity index (χ4n) is 1.97. The third-order valence-corrected chi connectivity index (χ3v) is 3.05. The van der Waals surface area contributed by atoms with Gasteiger partial charge in [-0.2, -0.15) is 13.2 Å². The number of aryl methyl sites for hydroxylation is 1. The van der Waals surface area contributed by atoms with E-state index in [9.17, 15) is 27.6 Å². The summed E-state index contributed by atoms with van der Waals surface area (Å²) in [6, 6.07) is 0. The molecule has 0 radical (unpaired) electrons. The lowest BCUT2D eigenvalue weighted by molar-refractivity contribution is -0.158. The quantitative estimate of drug-likeness (QED) is 0.752. The van der Waals surface area contributed by atoms with Crippen LogP contribution in [-0.4, -0.2) is 39.2 Å². The van der Waals surface area contributed by atoms with E-state index in [0.717, 1.165) is 21.3 Å². The molecule has 6 nitrogen and oxygen atoms in total. The van der Waals surface area contributed by atoms with Gasteiger partial charge in [0.25, 0.3) is 5.56 Å². The predicted molar refractivity (Wildman–Crippen MR) is 78.9 cm³/mol. The van der Waals surface area contributed by atoms with E-state index in [1.807, 2.05) is 0 Å². The molecule has 0 aliphatic rings. The number of alkyl halides is 3. The summed E-state index contributed by atoms with van der Waals surface area (Å²) in [5, 5.41) is 0. The second-order valence-electron chi connectivity index (χ2n) is 5.05. The van der Waals surface area contributed by atoms with Gasteiger partial charge in [0.15, 0.2) is 0 Å². The van der Waals surface area contributed by atoms with Gasteiger partial charge in [0, 0.05) is 32.9 Å². The van der Waals surface area contributed by atoms with Gasteiger partial charge in [-0.3, -0.25) is 14.2 Å². The van der Waals surface area contributed by atoms with Crippen LogP contribution in [-0.2, 0) is 18.9 Å². The van der Waals surface area contributed by atoms with Gasteiger partial charge in [-0.05, 0) is 12.5 Å². The molecular formula is C14H18F3N3O3. The highest BCUT2D eigenvalue weighted by atomic mass is 19.4. The molecule has 0 unspecified atom stereocenters. The van der Waals surface area contributed by atoms with E-state index >= 15 is 0 Å². The molecule has 0 bridgehead atoms. The molecule has 0 saturated carbocycles. The Morgan fingerprint density at radius 1 is 1.30 bits per heavy atom. The second-order valence-corrected chi connectivity index (χ2v) is 5.05. The van der Waals surface area contributed by atoms with Gasteiger partial charge in [0.2, 0.25) is 5.91 Å². The van der Waals surface area contributed by atoms with Crippen LogP contribution >= 0.6 is 0 Å². The van der Waals surface area contributed by atoms with Gasteiger partial charge >= 0.3 is 11.9 Å². The molecule has 0 aliphatic carbocycles. The number of hydrogen-bond acceptors (Lipinski definition) is 3. The molecule has 1 aromatic heterocycles. The highest BCUT2D eigenvalue weighted by Gasteiger charge is 2.31. The third-order valence-electron chi connectivity index (χ3n) is 3.05. The fourth-order valence-corrected chi connectivity index (χ4v) is 1.97. The van der Waals surface area contributed by atoms with Crippen LogP contribution in [0.3, 0.4) is 0 Å². The number of halogens is 3. The van der Waals surface area contributed by atoms with Crippen LogP contribution in [0, 0.1) is 0 Å². The fraction of sp³-hybridized carbons (Fsp3) is 0.500. The minimum Gasteiger partial charge on any atom is -0.330 e. The standard InChI is InChI=1S/C14H18F3N3O3/c1-4-7-20(9-14(15,16)17)11(21)6-5-10-8-18(2)13(23)19(3)12(10)22/h5-6,8H,4,7,9H2,1-3H3. The predicted octanol–water partition coefficient (Wildman–Crippen LogP) is 0.898. The summed E-state index contributed by atoms with van der Waals surface area (Å²) >= 11 is 0. The average Bonchev–Trinajstić information content (AvgIpc) is 2.45. The van der Waals surface area contributed by atoms with Gasteiger partial charge < -0.3 is 9.47 Å². The number of amides is 1. The van der Waals surface area contributed by atoms with Crippen molar-refractivity contribution in [2.75, 3.05) is 13.1 Å². The Kier molecular flexibility index (Phi) is 5.94. The monoisotopic (exact) mass is 333 g/mol. The highest BCUT2D eigenvalue weighted by Crippen LogP contribution is 2.17. The molecule has 128 valence electrons. The van der Waals surface area contributed by atoms with Crippen LogP contribution in [0.5, 0.6) is 0 Å². The molecule has 0 aliphatic heterocycles. The van der Waals surface area contributed by atoms with Crippen molar-refractivity contribution in [1.29, 1.82) is 0 Å². The van der Waals surface area contributed by atoms with Crippen molar-refractivity contribution in [1.82, 2.24) is 14.0 Å². The Hall–Kier alpha value is -2.32. The lowest BCUT2D eigenvalue weighted by Gasteiger charge is -2.21. The van der Waals surface area contributed by atoms with Crippen molar-refractivity contribution in [3.05, 3.63) is 38.7 Å². The van der Waals surface area contributed by atoms with Gasteiger partial charge in [0.05, 0.1) is 5.56 Å². The van der Waals surface area contributed by atoms with E-state index in [1.54, 1.807) is 6.92 Å². The second kappa shape index (κ2) is 7.30. The van der Waals surface area contributed by atoms with E-state index in [1.165, 1.54) is 20.3 Å². The lowest BCUT2D eigenvalue weighted by Crippen LogP contribution is -2.39. The highest BCUT2D eigenvalue weighted by molar-refractivity contribution is 5.91. The molecule has 0 N–H and O–H groups in total. The van der Waals surface area contributed by atoms with E-state index in [4.69, 9.17) is 0 Å². The summed E-state index contributed by atoms with van der Waals surface area (Å²) in [5.41, 5.74) is -1.13. The molecule has 1 heterocycles. The summed E-state index contributed by atoms with van der Waals surface area (Å²) in [6.45, 7) is 0.256. The van der Waals surface area contributed by atoms with E-state index in [-0.39, 0.29) is 12.1 Å². The molecule has 0 fully saturated rings. The first-order chi connectivity index (χ1) is 10.6. The first-order valence-electron chi connectivity index (χ1n) is 6.87. The van der Waals surface area contributed by atoms with Gasteiger partial charge in [-0.25, -0.2) is 4.79 Å². The van der Waals surface area contributed by atoms with Crippen LogP contribution in [0.1, 0.15) is 18.9 Å². The maximum atomic E-state index is 12.5. The minimum atomic E-state index is -4.49. The maximum Gasteiger partial charge on any atom is 0.406 e. The van der Waals surface area contributed by atoms with Gasteiger partial charge in [-0.1, -0.05) is 6.92 Å². The topological polar surface area (TPSA) is 64.3 Å². The molecule has 0 saturated heterocycles. The number of carbonyl (C=O) groups is 1. The van der Waals surface area contributed by atoms with Crippen molar-refractivity contribution in [2.24, 2.45) is 14.1 Å². The summed E-state index contributed by atoms with van der Waals surface area (Å²) in [5.74, 6) is -0.847. The number of nitrogens with zero attached hydrogens (tertiary/aromatic N) is 3. The molecular weight excluding hydrogens is 315 g/mol. The Morgan fingerprint density at radius 2 is 1.91 bits per heavy atom. The van der Waals surface area contributed by atoms with Gasteiger partial charge in [-0.15, -0.1) is 0 Å². The largest absolute Gasteiger partial charge is 0.406 e. The Bertz CT molecular complexity index is 717.